The van der Waals surface area contributed by atoms with Gasteiger partial charge in [0.2, 0.25) is 5.91 Å². The van der Waals surface area contributed by atoms with Crippen LogP contribution in [0.2, 0.25) is 0 Å². The lowest BCUT2D eigenvalue weighted by Gasteiger charge is -2.24. The highest BCUT2D eigenvalue weighted by Gasteiger charge is 2.33. The van der Waals surface area contributed by atoms with E-state index in [4.69, 9.17) is 0 Å². The summed E-state index contributed by atoms with van der Waals surface area (Å²) in [6, 6.07) is 5.04. The average Bonchev–Trinajstić information content (AvgIpc) is 2.23. The smallest absolute Gasteiger partial charge is 0.298 e. The van der Waals surface area contributed by atoms with Gasteiger partial charge in [0.25, 0.3) is 0 Å². The molecule has 1 aliphatic rings. The van der Waals surface area contributed by atoms with Crippen LogP contribution in [0.1, 0.15) is 24.8 Å². The molecule has 1 aromatic rings. The van der Waals surface area contributed by atoms with Crippen LogP contribution in [0.4, 0.5) is 18.9 Å². The van der Waals surface area contributed by atoms with Gasteiger partial charge in [-0.1, -0.05) is 18.6 Å². The minimum Gasteiger partial charge on any atom is -0.298 e. The maximum atomic E-state index is 12.7. The van der Waals surface area contributed by atoms with Crippen LogP contribution in [0, 0.1) is 5.92 Å². The van der Waals surface area contributed by atoms with Crippen LogP contribution in [0.3, 0.4) is 0 Å². The summed E-state index contributed by atoms with van der Waals surface area (Å²) in [6.45, 7) is 0. The van der Waals surface area contributed by atoms with Crippen molar-refractivity contribution in [3.05, 3.63) is 29.8 Å². The summed E-state index contributed by atoms with van der Waals surface area (Å²) in [6.07, 6.45) is -1.84. The molecule has 0 unspecified atom stereocenters. The van der Waals surface area contributed by atoms with Crippen molar-refractivity contribution < 1.29 is 18.0 Å². The Labute approximate surface area is 102 Å². The summed E-state index contributed by atoms with van der Waals surface area (Å²) >= 11 is 0. The van der Waals surface area contributed by atoms with Crippen LogP contribution in [0.5, 0.6) is 0 Å². The van der Waals surface area contributed by atoms with E-state index in [1.165, 1.54) is 18.2 Å². The number of hydrogen-bond acceptors (Lipinski definition) is 2. The number of carbonyl (C=O) groups is 1. The normalized spacial score (nSPS) is 15.9. The van der Waals surface area contributed by atoms with Gasteiger partial charge >= 0.3 is 6.18 Å². The number of hydrazine groups is 1. The summed E-state index contributed by atoms with van der Waals surface area (Å²) in [5.74, 6) is -0.325. The zero-order valence-electron chi connectivity index (χ0n) is 9.55. The Balaban J connectivity index is 2.02. The number of benzene rings is 1. The van der Waals surface area contributed by atoms with E-state index in [1.807, 2.05) is 0 Å². The highest BCUT2D eigenvalue weighted by atomic mass is 19.4. The van der Waals surface area contributed by atoms with Gasteiger partial charge in [-0.3, -0.25) is 15.6 Å². The topological polar surface area (TPSA) is 41.1 Å². The number of hydrogen-bond donors (Lipinski definition) is 2. The predicted octanol–water partition coefficient (Wildman–Crippen LogP) is 2.95. The Kier molecular flexibility index (Phi) is 3.45. The van der Waals surface area contributed by atoms with E-state index in [1.54, 1.807) is 0 Å². The molecule has 1 aromatic carbocycles. The number of alkyl halides is 3. The van der Waals surface area contributed by atoms with Gasteiger partial charge in [0.1, 0.15) is 0 Å². The first-order valence-electron chi connectivity index (χ1n) is 5.70. The van der Waals surface area contributed by atoms with Crippen LogP contribution >= 0.6 is 0 Å². The summed E-state index contributed by atoms with van der Waals surface area (Å²) in [5.41, 5.74) is 3.74. The molecule has 3 nitrogen and oxygen atoms in total. The highest BCUT2D eigenvalue weighted by molar-refractivity contribution is 5.80. The molecule has 1 fully saturated rings. The second kappa shape index (κ2) is 4.88. The van der Waals surface area contributed by atoms with E-state index in [0.29, 0.717) is 0 Å². The molecule has 2 N–H and O–H groups in total. The van der Waals surface area contributed by atoms with Gasteiger partial charge in [0.05, 0.1) is 11.3 Å². The molecule has 2 rings (SSSR count). The summed E-state index contributed by atoms with van der Waals surface area (Å²) in [7, 11) is 0. The summed E-state index contributed by atoms with van der Waals surface area (Å²) in [5, 5.41) is 0. The van der Waals surface area contributed by atoms with Crippen LogP contribution in [-0.2, 0) is 11.0 Å². The lowest BCUT2D eigenvalue weighted by atomic mass is 9.85. The number of para-hydroxylation sites is 1. The molecule has 0 radical (unpaired) electrons. The van der Waals surface area contributed by atoms with Crippen molar-refractivity contribution in [2.45, 2.75) is 25.4 Å². The summed E-state index contributed by atoms with van der Waals surface area (Å²) in [4.78, 5) is 11.5. The van der Waals surface area contributed by atoms with Gasteiger partial charge < -0.3 is 0 Å². The third-order valence-corrected chi connectivity index (χ3v) is 3.03. The minimum atomic E-state index is -4.44. The first-order chi connectivity index (χ1) is 8.48. The van der Waals surface area contributed by atoms with Crippen molar-refractivity contribution in [1.82, 2.24) is 5.43 Å². The van der Waals surface area contributed by atoms with Gasteiger partial charge in [-0.2, -0.15) is 13.2 Å². The number of carbonyl (C=O) groups excluding carboxylic acids is 1. The molecular formula is C12H13F3N2O. The Hall–Kier alpha value is -1.72. The average molecular weight is 258 g/mol. The van der Waals surface area contributed by atoms with Gasteiger partial charge in [0.15, 0.2) is 0 Å². The molecule has 1 amide bonds. The molecule has 0 saturated heterocycles. The maximum absolute atomic E-state index is 12.7. The fraction of sp³-hybridized carbons (Fsp3) is 0.417. The van der Waals surface area contributed by atoms with Gasteiger partial charge in [-0.25, -0.2) is 0 Å². The largest absolute Gasteiger partial charge is 0.418 e. The van der Waals surface area contributed by atoms with Gasteiger partial charge in [0, 0.05) is 5.92 Å². The Morgan fingerprint density at radius 2 is 1.89 bits per heavy atom. The van der Waals surface area contributed by atoms with Gasteiger partial charge in [-0.15, -0.1) is 0 Å². The maximum Gasteiger partial charge on any atom is 0.418 e. The lowest BCUT2D eigenvalue weighted by Crippen LogP contribution is -2.38. The molecule has 0 aliphatic heterocycles. The van der Waals surface area contributed by atoms with E-state index in [9.17, 15) is 18.0 Å². The van der Waals surface area contributed by atoms with E-state index in [-0.39, 0.29) is 17.5 Å². The predicted molar refractivity (Wildman–Crippen MR) is 60.6 cm³/mol. The quantitative estimate of drug-likeness (QED) is 0.818. The zero-order valence-corrected chi connectivity index (χ0v) is 9.55. The monoisotopic (exact) mass is 258 g/mol. The van der Waals surface area contributed by atoms with Crippen LogP contribution < -0.4 is 10.9 Å². The lowest BCUT2D eigenvalue weighted by molar-refractivity contribution is -0.137. The molecule has 18 heavy (non-hydrogen) atoms. The molecule has 0 heterocycles. The zero-order chi connectivity index (χ0) is 13.2. The molecular weight excluding hydrogens is 245 g/mol. The van der Waals surface area contributed by atoms with Crippen LogP contribution in [0.15, 0.2) is 24.3 Å². The molecule has 0 aromatic heterocycles. The third kappa shape index (κ3) is 2.75. The molecule has 1 saturated carbocycles. The summed E-state index contributed by atoms with van der Waals surface area (Å²) < 4.78 is 38.0. The number of amides is 1. The standard InChI is InChI=1S/C12H13F3N2O/c13-12(14,15)9-6-1-2-7-10(9)16-17-11(18)8-4-3-5-8/h1-2,6-8,16H,3-5H2,(H,17,18). The Morgan fingerprint density at radius 1 is 1.22 bits per heavy atom. The number of anilines is 1. The van der Waals surface area contributed by atoms with E-state index < -0.39 is 11.7 Å². The van der Waals surface area contributed by atoms with Crippen molar-refractivity contribution in [3.63, 3.8) is 0 Å². The fourth-order valence-corrected chi connectivity index (χ4v) is 1.74. The van der Waals surface area contributed by atoms with Crippen molar-refractivity contribution in [3.8, 4) is 0 Å². The molecule has 6 heteroatoms. The fourth-order valence-electron chi connectivity index (χ4n) is 1.74. The molecule has 0 spiro atoms. The Bertz CT molecular complexity index is 441. The second-order valence-electron chi connectivity index (χ2n) is 4.29. The molecule has 0 bridgehead atoms. The molecule has 1 aliphatic carbocycles. The van der Waals surface area contributed by atoms with Crippen molar-refractivity contribution in [1.29, 1.82) is 0 Å². The minimum absolute atomic E-state index is 0.0736. The number of nitrogens with one attached hydrogen (secondary N) is 2. The van der Waals surface area contributed by atoms with E-state index >= 15 is 0 Å². The van der Waals surface area contributed by atoms with Crippen molar-refractivity contribution >= 4 is 11.6 Å². The van der Waals surface area contributed by atoms with Crippen LogP contribution in [-0.4, -0.2) is 5.91 Å². The highest BCUT2D eigenvalue weighted by Crippen LogP contribution is 2.34. The molecule has 0 atom stereocenters. The molecule has 98 valence electrons. The van der Waals surface area contributed by atoms with Crippen molar-refractivity contribution in [2.75, 3.05) is 5.43 Å². The van der Waals surface area contributed by atoms with Crippen molar-refractivity contribution in [2.24, 2.45) is 5.92 Å². The van der Waals surface area contributed by atoms with Gasteiger partial charge in [-0.05, 0) is 25.0 Å². The van der Waals surface area contributed by atoms with Crippen LogP contribution in [0.25, 0.3) is 0 Å². The Morgan fingerprint density at radius 3 is 2.44 bits per heavy atom. The number of halogens is 3. The third-order valence-electron chi connectivity index (χ3n) is 3.03. The SMILES string of the molecule is O=C(NNc1ccccc1C(F)(F)F)C1CCC1. The first-order valence-corrected chi connectivity index (χ1v) is 5.70. The van der Waals surface area contributed by atoms with E-state index in [2.05, 4.69) is 10.9 Å². The number of rotatable bonds is 3. The second-order valence-corrected chi connectivity index (χ2v) is 4.29. The van der Waals surface area contributed by atoms with E-state index in [0.717, 1.165) is 25.3 Å². The first kappa shape index (κ1) is 12.7.